The third-order valence-electron chi connectivity index (χ3n) is 2.28. The second-order valence-corrected chi connectivity index (χ2v) is 5.05. The zero-order chi connectivity index (χ0) is 12.3. The maximum atomic E-state index is 12.1. The van der Waals surface area contributed by atoms with Gasteiger partial charge in [0, 0.05) is 10.7 Å². The van der Waals surface area contributed by atoms with E-state index in [1.165, 1.54) is 17.5 Å². The summed E-state index contributed by atoms with van der Waals surface area (Å²) < 4.78 is 0.768. The van der Waals surface area contributed by atoms with E-state index in [9.17, 15) is 4.79 Å². The van der Waals surface area contributed by atoms with E-state index < -0.39 is 5.92 Å². The molecule has 84 valence electrons. The van der Waals surface area contributed by atoms with E-state index in [1.54, 1.807) is 11.6 Å². The highest BCUT2D eigenvalue weighted by Crippen LogP contribution is 2.28. The van der Waals surface area contributed by atoms with Crippen LogP contribution < -0.4 is 0 Å². The van der Waals surface area contributed by atoms with Crippen LogP contribution in [0.1, 0.15) is 21.2 Å². The van der Waals surface area contributed by atoms with Crippen molar-refractivity contribution in [3.05, 3.63) is 50.9 Å². The maximum absolute atomic E-state index is 12.1. The fourth-order valence-corrected chi connectivity index (χ4v) is 2.56. The number of nitriles is 1. The van der Waals surface area contributed by atoms with E-state index in [4.69, 9.17) is 5.26 Å². The Hall–Kier alpha value is -1.51. The van der Waals surface area contributed by atoms with Gasteiger partial charge in [0.1, 0.15) is 5.92 Å². The van der Waals surface area contributed by atoms with E-state index in [1.807, 2.05) is 24.3 Å². The van der Waals surface area contributed by atoms with Crippen molar-refractivity contribution in [2.75, 3.05) is 0 Å². The molecule has 3 nitrogen and oxygen atoms in total. The Morgan fingerprint density at radius 3 is 2.82 bits per heavy atom. The average molecular weight is 307 g/mol. The molecule has 1 aromatic carbocycles. The summed E-state index contributed by atoms with van der Waals surface area (Å²) in [6.07, 6.45) is 1.49. The zero-order valence-electron chi connectivity index (χ0n) is 8.63. The highest BCUT2D eigenvalue weighted by molar-refractivity contribution is 9.10. The number of hydrogen-bond acceptors (Lipinski definition) is 4. The van der Waals surface area contributed by atoms with Crippen LogP contribution in [0.25, 0.3) is 0 Å². The van der Waals surface area contributed by atoms with Crippen molar-refractivity contribution in [3.8, 4) is 6.07 Å². The van der Waals surface area contributed by atoms with Gasteiger partial charge in [-0.3, -0.25) is 9.78 Å². The number of rotatable bonds is 3. The fourth-order valence-electron chi connectivity index (χ4n) is 1.46. The molecule has 2 rings (SSSR count). The van der Waals surface area contributed by atoms with Gasteiger partial charge in [-0.15, -0.1) is 11.3 Å². The number of ketones is 1. The molecule has 0 bridgehead atoms. The van der Waals surface area contributed by atoms with Crippen molar-refractivity contribution in [2.45, 2.75) is 5.92 Å². The Morgan fingerprint density at radius 2 is 2.24 bits per heavy atom. The van der Waals surface area contributed by atoms with Crippen LogP contribution >= 0.6 is 27.3 Å². The van der Waals surface area contributed by atoms with Crippen LogP contribution in [0.4, 0.5) is 0 Å². The number of benzene rings is 1. The Morgan fingerprint density at radius 1 is 1.47 bits per heavy atom. The number of halogens is 1. The molecule has 17 heavy (non-hydrogen) atoms. The number of carbonyl (C=O) groups is 1. The first-order valence-corrected chi connectivity index (χ1v) is 6.48. The highest BCUT2D eigenvalue weighted by Gasteiger charge is 2.24. The molecule has 0 spiro atoms. The van der Waals surface area contributed by atoms with Gasteiger partial charge in [0.15, 0.2) is 5.78 Å². The lowest BCUT2D eigenvalue weighted by Gasteiger charge is -2.08. The van der Waals surface area contributed by atoms with E-state index in [0.717, 1.165) is 4.47 Å². The largest absolute Gasteiger partial charge is 0.291 e. The molecule has 0 saturated carbocycles. The first kappa shape index (κ1) is 12.0. The average Bonchev–Trinajstić information content (AvgIpc) is 2.86. The maximum Gasteiger partial charge on any atom is 0.196 e. The number of nitrogens with zero attached hydrogens (tertiary/aromatic N) is 2. The van der Waals surface area contributed by atoms with E-state index in [2.05, 4.69) is 20.9 Å². The zero-order valence-corrected chi connectivity index (χ0v) is 11.0. The van der Waals surface area contributed by atoms with Gasteiger partial charge in [-0.25, -0.2) is 0 Å². The van der Waals surface area contributed by atoms with Crippen molar-refractivity contribution in [3.63, 3.8) is 0 Å². The quantitative estimate of drug-likeness (QED) is 0.817. The molecule has 0 aliphatic carbocycles. The van der Waals surface area contributed by atoms with Gasteiger partial charge < -0.3 is 0 Å². The summed E-state index contributed by atoms with van der Waals surface area (Å²) in [5.74, 6) is -0.993. The van der Waals surface area contributed by atoms with Crippen LogP contribution in [-0.4, -0.2) is 10.8 Å². The smallest absolute Gasteiger partial charge is 0.196 e. The van der Waals surface area contributed by atoms with Crippen molar-refractivity contribution in [1.82, 2.24) is 4.98 Å². The van der Waals surface area contributed by atoms with Gasteiger partial charge in [-0.1, -0.05) is 34.1 Å². The Labute approximate surface area is 111 Å². The first-order chi connectivity index (χ1) is 8.24. The molecule has 0 saturated heterocycles. The summed E-state index contributed by atoms with van der Waals surface area (Å²) in [5, 5.41) is 9.17. The van der Waals surface area contributed by atoms with Crippen LogP contribution in [0.5, 0.6) is 0 Å². The summed E-state index contributed by atoms with van der Waals surface area (Å²) in [6.45, 7) is 0. The number of thiazole rings is 1. The number of hydrogen-bond donors (Lipinski definition) is 0. The lowest BCUT2D eigenvalue weighted by atomic mass is 9.95. The standard InChI is InChI=1S/C12H7BrN2OS/c13-10-4-2-1-3-8(10)9(5-14)12(16)11-6-15-7-17-11/h1-4,6-7,9H. The summed E-state index contributed by atoms with van der Waals surface area (Å²) in [4.78, 5) is 16.5. The topological polar surface area (TPSA) is 53.8 Å². The summed E-state index contributed by atoms with van der Waals surface area (Å²) >= 11 is 4.60. The third-order valence-corrected chi connectivity index (χ3v) is 3.79. The lowest BCUT2D eigenvalue weighted by Crippen LogP contribution is -2.10. The van der Waals surface area contributed by atoms with Gasteiger partial charge in [0.05, 0.1) is 16.5 Å². The van der Waals surface area contributed by atoms with Crippen LogP contribution in [0.2, 0.25) is 0 Å². The van der Waals surface area contributed by atoms with Crippen molar-refractivity contribution in [1.29, 1.82) is 5.26 Å². The third kappa shape index (κ3) is 2.43. The molecular weight excluding hydrogens is 300 g/mol. The summed E-state index contributed by atoms with van der Waals surface area (Å²) in [5.41, 5.74) is 2.27. The molecule has 2 aromatic rings. The first-order valence-electron chi connectivity index (χ1n) is 4.80. The van der Waals surface area contributed by atoms with Gasteiger partial charge >= 0.3 is 0 Å². The Balaban J connectivity index is 2.39. The molecule has 1 heterocycles. The molecular formula is C12H7BrN2OS. The van der Waals surface area contributed by atoms with Gasteiger partial charge in [0.25, 0.3) is 0 Å². The van der Waals surface area contributed by atoms with Crippen LogP contribution in [0.3, 0.4) is 0 Å². The number of Topliss-reactive ketones (excluding diaryl/α,β-unsaturated/α-hetero) is 1. The minimum Gasteiger partial charge on any atom is -0.291 e. The minimum atomic E-state index is -0.786. The molecule has 0 N–H and O–H groups in total. The van der Waals surface area contributed by atoms with Gasteiger partial charge in [-0.05, 0) is 11.6 Å². The SMILES string of the molecule is N#CC(C(=O)c1cncs1)c1ccccc1Br. The molecule has 0 amide bonds. The number of aromatic nitrogens is 1. The summed E-state index contributed by atoms with van der Waals surface area (Å²) in [7, 11) is 0. The van der Waals surface area contributed by atoms with Crippen molar-refractivity contribution < 1.29 is 4.79 Å². The second-order valence-electron chi connectivity index (χ2n) is 3.31. The fraction of sp³-hybridized carbons (Fsp3) is 0.0833. The Bertz CT molecular complexity index is 574. The number of carbonyl (C=O) groups excluding carboxylic acids is 1. The molecule has 1 unspecified atom stereocenters. The molecule has 1 aromatic heterocycles. The Kier molecular flexibility index (Phi) is 3.67. The van der Waals surface area contributed by atoms with Crippen LogP contribution in [0, 0.1) is 11.3 Å². The molecule has 0 aliphatic heterocycles. The normalized spacial score (nSPS) is 11.8. The van der Waals surface area contributed by atoms with Crippen molar-refractivity contribution >= 4 is 33.0 Å². The predicted molar refractivity (Wildman–Crippen MR) is 68.9 cm³/mol. The summed E-state index contributed by atoms with van der Waals surface area (Å²) in [6, 6.07) is 9.30. The van der Waals surface area contributed by atoms with Gasteiger partial charge in [-0.2, -0.15) is 5.26 Å². The van der Waals surface area contributed by atoms with Crippen molar-refractivity contribution in [2.24, 2.45) is 0 Å². The van der Waals surface area contributed by atoms with Crippen LogP contribution in [-0.2, 0) is 0 Å². The molecule has 5 heteroatoms. The predicted octanol–water partition coefficient (Wildman–Crippen LogP) is 3.40. The van der Waals surface area contributed by atoms with E-state index >= 15 is 0 Å². The lowest BCUT2D eigenvalue weighted by molar-refractivity contribution is 0.0982. The molecule has 0 radical (unpaired) electrons. The molecule has 0 fully saturated rings. The monoisotopic (exact) mass is 306 g/mol. The molecule has 1 atom stereocenters. The van der Waals surface area contributed by atoms with E-state index in [-0.39, 0.29) is 5.78 Å². The second kappa shape index (κ2) is 5.21. The molecule has 0 aliphatic rings. The highest BCUT2D eigenvalue weighted by atomic mass is 79.9. The van der Waals surface area contributed by atoms with E-state index in [0.29, 0.717) is 10.4 Å². The van der Waals surface area contributed by atoms with Gasteiger partial charge in [0.2, 0.25) is 0 Å². The van der Waals surface area contributed by atoms with Crippen LogP contribution in [0.15, 0.2) is 40.4 Å². The minimum absolute atomic E-state index is 0.207.